The van der Waals surface area contributed by atoms with Crippen molar-refractivity contribution in [1.82, 2.24) is 0 Å². The van der Waals surface area contributed by atoms with E-state index in [4.69, 9.17) is 10.5 Å². The summed E-state index contributed by atoms with van der Waals surface area (Å²) in [4.78, 5) is 0. The second kappa shape index (κ2) is 4.08. The van der Waals surface area contributed by atoms with Gasteiger partial charge in [0.25, 0.3) is 0 Å². The highest BCUT2D eigenvalue weighted by Crippen LogP contribution is 2.35. The lowest BCUT2D eigenvalue weighted by Gasteiger charge is -2.30. The molecule has 0 saturated carbocycles. The van der Waals surface area contributed by atoms with Crippen molar-refractivity contribution in [2.45, 2.75) is 6.10 Å². The van der Waals surface area contributed by atoms with E-state index >= 15 is 0 Å². The molecule has 1 heterocycles. The van der Waals surface area contributed by atoms with E-state index in [0.717, 1.165) is 23.5 Å². The van der Waals surface area contributed by atoms with Crippen molar-refractivity contribution in [1.29, 1.82) is 0 Å². The van der Waals surface area contributed by atoms with E-state index in [1.165, 1.54) is 0 Å². The Labute approximate surface area is 89.0 Å². The van der Waals surface area contributed by atoms with Crippen molar-refractivity contribution in [3.63, 3.8) is 0 Å². The molecule has 1 aromatic carbocycles. The summed E-state index contributed by atoms with van der Waals surface area (Å²) < 4.78 is 5.13. The molecular formula is C11H16N2O2. The van der Waals surface area contributed by atoms with Gasteiger partial charge in [-0.05, 0) is 24.7 Å². The molecular weight excluding hydrogens is 192 g/mol. The molecule has 0 bridgehead atoms. The van der Waals surface area contributed by atoms with Gasteiger partial charge in [-0.1, -0.05) is 0 Å². The fourth-order valence-corrected chi connectivity index (χ4v) is 1.89. The van der Waals surface area contributed by atoms with Crippen LogP contribution in [0.15, 0.2) is 18.2 Å². The van der Waals surface area contributed by atoms with Crippen molar-refractivity contribution in [3.8, 4) is 5.75 Å². The predicted molar refractivity (Wildman–Crippen MR) is 59.0 cm³/mol. The second-order valence-electron chi connectivity index (χ2n) is 3.77. The smallest absolute Gasteiger partial charge is 0.119 e. The normalized spacial score (nSPS) is 24.2. The molecule has 1 aliphatic heterocycles. The number of methoxy groups -OCH3 is 1. The number of aliphatic hydroxyl groups is 1. The maximum absolute atomic E-state index is 10.1. The average molecular weight is 208 g/mol. The highest BCUT2D eigenvalue weighted by Gasteiger charge is 2.26. The third-order valence-corrected chi connectivity index (χ3v) is 2.88. The Hall–Kier alpha value is -1.26. The average Bonchev–Trinajstić information content (AvgIpc) is 2.29. The molecule has 0 radical (unpaired) electrons. The van der Waals surface area contributed by atoms with Gasteiger partial charge in [-0.2, -0.15) is 0 Å². The fourth-order valence-electron chi connectivity index (χ4n) is 1.89. The van der Waals surface area contributed by atoms with Gasteiger partial charge in [-0.3, -0.25) is 0 Å². The van der Waals surface area contributed by atoms with Crippen molar-refractivity contribution >= 4 is 5.69 Å². The molecule has 0 spiro atoms. The molecule has 2 atom stereocenters. The van der Waals surface area contributed by atoms with E-state index in [1.807, 2.05) is 18.2 Å². The number of ether oxygens (including phenoxy) is 1. The molecule has 1 aliphatic rings. The minimum absolute atomic E-state index is 0.0737. The summed E-state index contributed by atoms with van der Waals surface area (Å²) >= 11 is 0. The maximum atomic E-state index is 10.1. The molecule has 2 rings (SSSR count). The maximum Gasteiger partial charge on any atom is 0.119 e. The lowest BCUT2D eigenvalue weighted by Crippen LogP contribution is -2.33. The van der Waals surface area contributed by atoms with Gasteiger partial charge >= 0.3 is 0 Å². The number of hydrogen-bond acceptors (Lipinski definition) is 4. The van der Waals surface area contributed by atoms with Crippen molar-refractivity contribution in [2.75, 3.05) is 25.5 Å². The largest absolute Gasteiger partial charge is 0.497 e. The van der Waals surface area contributed by atoms with E-state index < -0.39 is 6.10 Å². The molecule has 0 saturated heterocycles. The predicted octanol–water partition coefficient (Wildman–Crippen LogP) is 0.729. The summed E-state index contributed by atoms with van der Waals surface area (Å²) in [6.07, 6.45) is -0.499. The van der Waals surface area contributed by atoms with Crippen LogP contribution in [0.5, 0.6) is 5.75 Å². The molecule has 15 heavy (non-hydrogen) atoms. The van der Waals surface area contributed by atoms with Crippen LogP contribution in [0.1, 0.15) is 11.7 Å². The quantitative estimate of drug-likeness (QED) is 0.670. The van der Waals surface area contributed by atoms with Crippen molar-refractivity contribution in [3.05, 3.63) is 23.8 Å². The Morgan fingerprint density at radius 3 is 3.07 bits per heavy atom. The van der Waals surface area contributed by atoms with Crippen LogP contribution in [0.4, 0.5) is 5.69 Å². The van der Waals surface area contributed by atoms with E-state index in [-0.39, 0.29) is 5.92 Å². The van der Waals surface area contributed by atoms with Crippen LogP contribution >= 0.6 is 0 Å². The van der Waals surface area contributed by atoms with Gasteiger partial charge in [-0.15, -0.1) is 0 Å². The molecule has 0 fully saturated rings. The van der Waals surface area contributed by atoms with E-state index in [2.05, 4.69) is 5.32 Å². The molecule has 0 amide bonds. The van der Waals surface area contributed by atoms with E-state index in [9.17, 15) is 5.11 Å². The molecule has 0 aliphatic carbocycles. The summed E-state index contributed by atoms with van der Waals surface area (Å²) in [7, 11) is 1.62. The standard InChI is InChI=1S/C11H16N2O2/c1-15-8-2-3-10-9(4-8)11(14)7(5-12)6-13-10/h2-4,7,11,13-14H,5-6,12H2,1H3. The summed E-state index contributed by atoms with van der Waals surface area (Å²) in [5, 5.41) is 13.3. The number of fused-ring (bicyclic) bond motifs is 1. The molecule has 82 valence electrons. The van der Waals surface area contributed by atoms with Gasteiger partial charge in [0.1, 0.15) is 5.75 Å². The first-order valence-electron chi connectivity index (χ1n) is 5.06. The fraction of sp³-hybridized carbons (Fsp3) is 0.455. The van der Waals surface area contributed by atoms with E-state index in [1.54, 1.807) is 7.11 Å². The van der Waals surface area contributed by atoms with Crippen molar-refractivity contribution < 1.29 is 9.84 Å². The summed E-state index contributed by atoms with van der Waals surface area (Å²) in [5.74, 6) is 0.830. The van der Waals surface area contributed by atoms with Crippen LogP contribution in [0.3, 0.4) is 0 Å². The molecule has 4 N–H and O–H groups in total. The zero-order valence-electron chi connectivity index (χ0n) is 8.73. The highest BCUT2D eigenvalue weighted by atomic mass is 16.5. The number of rotatable bonds is 2. The number of hydrogen-bond donors (Lipinski definition) is 3. The molecule has 4 heteroatoms. The van der Waals surface area contributed by atoms with Gasteiger partial charge in [0, 0.05) is 23.7 Å². The Balaban J connectivity index is 2.35. The Morgan fingerprint density at radius 1 is 1.60 bits per heavy atom. The zero-order valence-corrected chi connectivity index (χ0v) is 8.73. The van der Waals surface area contributed by atoms with Crippen LogP contribution in [0, 0.1) is 5.92 Å². The molecule has 1 aromatic rings. The van der Waals surface area contributed by atoms with Gasteiger partial charge in [0.15, 0.2) is 0 Å². The van der Waals surface area contributed by atoms with Crippen LogP contribution in [-0.2, 0) is 0 Å². The molecule has 0 aromatic heterocycles. The third kappa shape index (κ3) is 1.78. The Morgan fingerprint density at radius 2 is 2.40 bits per heavy atom. The van der Waals surface area contributed by atoms with Gasteiger partial charge in [-0.25, -0.2) is 0 Å². The lowest BCUT2D eigenvalue weighted by molar-refractivity contribution is 0.114. The first kappa shape index (κ1) is 10.3. The second-order valence-corrected chi connectivity index (χ2v) is 3.77. The topological polar surface area (TPSA) is 67.5 Å². The lowest BCUT2D eigenvalue weighted by atomic mass is 9.91. The number of nitrogens with one attached hydrogen (secondary N) is 1. The molecule has 4 nitrogen and oxygen atoms in total. The summed E-state index contributed by atoms with van der Waals surface area (Å²) in [5.41, 5.74) is 7.43. The SMILES string of the molecule is COc1ccc2c(c1)C(O)C(CN)CN2. The van der Waals surface area contributed by atoms with Crippen LogP contribution in [0.25, 0.3) is 0 Å². The minimum Gasteiger partial charge on any atom is -0.497 e. The van der Waals surface area contributed by atoms with Crippen LogP contribution in [0.2, 0.25) is 0 Å². The highest BCUT2D eigenvalue weighted by molar-refractivity contribution is 5.57. The Kier molecular flexibility index (Phi) is 2.79. The summed E-state index contributed by atoms with van der Waals surface area (Å²) in [6, 6.07) is 5.65. The minimum atomic E-state index is -0.499. The van der Waals surface area contributed by atoms with Crippen molar-refractivity contribution in [2.24, 2.45) is 11.7 Å². The first-order chi connectivity index (χ1) is 7.26. The molecule has 2 unspecified atom stereocenters. The number of benzene rings is 1. The summed E-state index contributed by atoms with van der Waals surface area (Å²) in [6.45, 7) is 1.20. The first-order valence-corrected chi connectivity index (χ1v) is 5.06. The van der Waals surface area contributed by atoms with Gasteiger partial charge in [0.05, 0.1) is 13.2 Å². The zero-order chi connectivity index (χ0) is 10.8. The van der Waals surface area contributed by atoms with E-state index in [0.29, 0.717) is 6.54 Å². The van der Waals surface area contributed by atoms with Crippen LogP contribution in [-0.4, -0.2) is 25.3 Å². The number of nitrogens with two attached hydrogens (primary N) is 1. The monoisotopic (exact) mass is 208 g/mol. The Bertz CT molecular complexity index is 354. The number of anilines is 1. The van der Waals surface area contributed by atoms with Gasteiger partial charge < -0.3 is 20.9 Å². The van der Waals surface area contributed by atoms with Gasteiger partial charge in [0.2, 0.25) is 0 Å². The third-order valence-electron chi connectivity index (χ3n) is 2.88. The number of aliphatic hydroxyl groups excluding tert-OH is 1. The van der Waals surface area contributed by atoms with Crippen LogP contribution < -0.4 is 15.8 Å².